The van der Waals surface area contributed by atoms with Gasteiger partial charge in [-0.1, -0.05) is 0 Å². The molecule has 0 saturated heterocycles. The van der Waals surface area contributed by atoms with Crippen molar-refractivity contribution in [2.75, 3.05) is 6.54 Å². The van der Waals surface area contributed by atoms with Crippen molar-refractivity contribution in [1.29, 1.82) is 0 Å². The van der Waals surface area contributed by atoms with Crippen LogP contribution in [0.4, 0.5) is 0 Å². The van der Waals surface area contributed by atoms with Crippen molar-refractivity contribution in [3.63, 3.8) is 0 Å². The van der Waals surface area contributed by atoms with Crippen molar-refractivity contribution in [3.05, 3.63) is 0 Å². The average molecular weight is 165 g/mol. The first-order chi connectivity index (χ1) is 4.31. The van der Waals surface area contributed by atoms with Crippen LogP contribution in [0.25, 0.3) is 0 Å². The van der Waals surface area contributed by atoms with E-state index in [1.807, 2.05) is 0 Å². The second-order valence-corrected chi connectivity index (χ2v) is 1.61. The number of carbonyl (C=O) groups excluding carboxylic acids is 1. The molecule has 50 valence electrons. The summed E-state index contributed by atoms with van der Waals surface area (Å²) >= 11 is 3.22. The fraction of sp³-hybridized carbons (Fsp3) is 0.333. The maximum atomic E-state index is 10.2. The Kier molecular flexibility index (Phi) is 5.78. The third kappa shape index (κ3) is 5.66. The first kappa shape index (κ1) is 8.79. The third-order valence-electron chi connectivity index (χ3n) is 0.459. The van der Waals surface area contributed by atoms with Gasteiger partial charge in [0.2, 0.25) is 0 Å². The van der Waals surface area contributed by atoms with Gasteiger partial charge in [-0.15, -0.1) is 0 Å². The predicted octanol–water partition coefficient (Wildman–Crippen LogP) is 0.172. The van der Waals surface area contributed by atoms with Crippen LogP contribution in [0, 0.1) is 5.75 Å². The topological polar surface area (TPSA) is 55.4 Å². The molecule has 0 spiro atoms. The fourth-order valence-corrected chi connectivity index (χ4v) is 0.384. The fourth-order valence-electron chi connectivity index (χ4n) is 0.176. The zero-order valence-electron chi connectivity index (χ0n) is 4.33. The van der Waals surface area contributed by atoms with Crippen LogP contribution in [-0.4, -0.2) is 12.5 Å². The van der Waals surface area contributed by atoms with Gasteiger partial charge in [0.05, 0.1) is 0 Å². The number of rotatable bonds is 2. The molecule has 1 N–H and O–H groups in total. The summed E-state index contributed by atoms with van der Waals surface area (Å²) in [5.41, 5.74) is 0. The molecule has 9 heavy (non-hydrogen) atoms. The first-order valence-electron chi connectivity index (χ1n) is 1.95. The van der Waals surface area contributed by atoms with E-state index in [-0.39, 0.29) is 14.5 Å². The van der Waals surface area contributed by atoms with E-state index in [1.54, 1.807) is 0 Å². The molecule has 0 atom stereocenters. The Labute approximate surface area is 58.7 Å². The zero-order chi connectivity index (χ0) is 7.11. The quantitative estimate of drug-likeness (QED) is 0.265. The Morgan fingerprint density at radius 3 is 3.00 bits per heavy atom. The second-order valence-electron chi connectivity index (χ2n) is 1.02. The van der Waals surface area contributed by atoms with E-state index in [1.165, 1.54) is 0 Å². The van der Waals surface area contributed by atoms with Crippen molar-refractivity contribution >= 4 is 26.8 Å². The van der Waals surface area contributed by atoms with E-state index < -0.39 is 5.97 Å². The van der Waals surface area contributed by atoms with Crippen molar-refractivity contribution in [1.82, 2.24) is 5.32 Å². The molecule has 6 heteroatoms. The Morgan fingerprint density at radius 2 is 2.56 bits per heavy atom. The Bertz CT molecular complexity index is 186. The molecule has 0 heterocycles. The van der Waals surface area contributed by atoms with Crippen LogP contribution in [0.5, 0.6) is 0 Å². The van der Waals surface area contributed by atoms with Crippen LogP contribution in [0.2, 0.25) is 0 Å². The summed E-state index contributed by atoms with van der Waals surface area (Å²) in [6.07, 6.45) is 0. The summed E-state index contributed by atoms with van der Waals surface area (Å²) in [4.78, 5) is 10.2. The first-order valence-corrected chi connectivity index (χ1v) is 3.13. The molecular weight excluding hydrogens is 161 g/mol. The van der Waals surface area contributed by atoms with Crippen LogP contribution in [0.15, 0.2) is 0 Å². The molecule has 0 rings (SSSR count). The SMILES string of the molecule is O=P#CNCC(=O)OS. The van der Waals surface area contributed by atoms with Crippen LogP contribution in [0.1, 0.15) is 0 Å². The van der Waals surface area contributed by atoms with E-state index in [0.717, 1.165) is 0 Å². The molecule has 0 aliphatic carbocycles. The minimum atomic E-state index is -0.547. The molecule has 4 nitrogen and oxygen atoms in total. The van der Waals surface area contributed by atoms with Crippen LogP contribution in [-0.2, 0) is 13.5 Å². The molecule has 0 radical (unpaired) electrons. The van der Waals surface area contributed by atoms with Crippen LogP contribution >= 0.6 is 20.8 Å². The number of carbonyl (C=O) groups is 1. The van der Waals surface area contributed by atoms with Gasteiger partial charge in [0.25, 0.3) is 0 Å². The molecule has 0 fully saturated rings. The molecule has 0 aromatic heterocycles. The second kappa shape index (κ2) is 5.92. The predicted molar refractivity (Wildman–Crippen MR) is 34.6 cm³/mol. The molecule has 0 unspecified atom stereocenters. The molecule has 0 bridgehead atoms. The maximum absolute atomic E-state index is 10.2. The Balaban J connectivity index is 3.35. The van der Waals surface area contributed by atoms with E-state index in [0.29, 0.717) is 0 Å². The number of thiol groups is 1. The van der Waals surface area contributed by atoms with Crippen molar-refractivity contribution in [2.24, 2.45) is 0 Å². The zero-order valence-corrected chi connectivity index (χ0v) is 6.12. The van der Waals surface area contributed by atoms with Gasteiger partial charge >= 0.3 is 57.9 Å². The molecule has 0 aliphatic heterocycles. The van der Waals surface area contributed by atoms with Crippen molar-refractivity contribution in [3.8, 4) is 5.75 Å². The molecule has 0 aromatic carbocycles. The molecule has 0 amide bonds. The number of hydrogen-bond donors (Lipinski definition) is 2. The van der Waals surface area contributed by atoms with Gasteiger partial charge in [-0.2, -0.15) is 0 Å². The Hall–Kier alpha value is -0.210. The summed E-state index contributed by atoms with van der Waals surface area (Å²) in [5.74, 6) is 1.60. The molecule has 0 aromatic rings. The van der Waals surface area contributed by atoms with Gasteiger partial charge in [-0.05, 0) is 0 Å². The average Bonchev–Trinajstić information content (AvgIpc) is 1.89. The number of hydrogen-bond acceptors (Lipinski definition) is 5. The van der Waals surface area contributed by atoms with E-state index >= 15 is 0 Å². The van der Waals surface area contributed by atoms with Crippen LogP contribution < -0.4 is 5.32 Å². The summed E-state index contributed by atoms with van der Waals surface area (Å²) in [5, 5.41) is 2.29. The van der Waals surface area contributed by atoms with Crippen molar-refractivity contribution in [2.45, 2.75) is 0 Å². The summed E-state index contributed by atoms with van der Waals surface area (Å²) in [6.45, 7) is -0.0707. The summed E-state index contributed by atoms with van der Waals surface area (Å²) in [6, 6.07) is 0. The van der Waals surface area contributed by atoms with Gasteiger partial charge < -0.3 is 0 Å². The van der Waals surface area contributed by atoms with Gasteiger partial charge in [0.1, 0.15) is 0 Å². The van der Waals surface area contributed by atoms with E-state index in [2.05, 4.69) is 28.2 Å². The minimum absolute atomic E-state index is 0.0707. The summed E-state index contributed by atoms with van der Waals surface area (Å²) in [7, 11) is -0.287. The number of nitrogens with one attached hydrogen (secondary N) is 1. The normalized spacial score (nSPS) is 7.67. The third-order valence-corrected chi connectivity index (χ3v) is 0.912. The van der Waals surface area contributed by atoms with Crippen LogP contribution in [0.3, 0.4) is 0 Å². The molecular formula is C3H4NO3PS. The summed E-state index contributed by atoms with van der Waals surface area (Å²) < 4.78 is 13.6. The van der Waals surface area contributed by atoms with Gasteiger partial charge in [0, 0.05) is 0 Å². The van der Waals surface area contributed by atoms with Gasteiger partial charge in [0.15, 0.2) is 0 Å². The Morgan fingerprint density at radius 1 is 1.89 bits per heavy atom. The van der Waals surface area contributed by atoms with E-state index in [9.17, 15) is 9.36 Å². The van der Waals surface area contributed by atoms with Crippen molar-refractivity contribution < 1.29 is 13.5 Å². The molecule has 0 aliphatic rings. The van der Waals surface area contributed by atoms with E-state index in [4.69, 9.17) is 0 Å². The van der Waals surface area contributed by atoms with Gasteiger partial charge in [-0.25, -0.2) is 0 Å². The van der Waals surface area contributed by atoms with Gasteiger partial charge in [-0.3, -0.25) is 0 Å². The monoisotopic (exact) mass is 165 g/mol. The standard InChI is InChI=1S/C3H4NO3PS/c5-3(7-9)1-4-2-8-6/h4,9H,1H2. The molecule has 0 saturated carbocycles.